The van der Waals surface area contributed by atoms with Gasteiger partial charge in [-0.3, -0.25) is 4.79 Å². The third-order valence-electron chi connectivity index (χ3n) is 4.53. The second-order valence-corrected chi connectivity index (χ2v) is 6.78. The van der Waals surface area contributed by atoms with Crippen molar-refractivity contribution >= 4 is 17.7 Å². The zero-order chi connectivity index (χ0) is 21.3. The summed E-state index contributed by atoms with van der Waals surface area (Å²) in [6.45, 7) is 2.27. The summed E-state index contributed by atoms with van der Waals surface area (Å²) in [5, 5.41) is 6.58. The minimum Gasteiger partial charge on any atom is -0.465 e. The molecule has 0 spiro atoms. The molecule has 7 nitrogen and oxygen atoms in total. The van der Waals surface area contributed by atoms with E-state index in [0.717, 1.165) is 5.56 Å². The molecule has 0 saturated heterocycles. The third kappa shape index (κ3) is 5.79. The first-order chi connectivity index (χ1) is 14.6. The summed E-state index contributed by atoms with van der Waals surface area (Å²) in [6, 6.07) is 15.4. The summed E-state index contributed by atoms with van der Waals surface area (Å²) in [5.41, 5.74) is 1.82. The van der Waals surface area contributed by atoms with Crippen LogP contribution in [0.15, 0.2) is 59.8 Å². The molecule has 158 valence electrons. The minimum atomic E-state index is -0.507. The number of ether oxygens (including phenoxy) is 1. The molecule has 1 aliphatic heterocycles. The molecule has 0 saturated carbocycles. The monoisotopic (exact) mass is 413 g/mol. The van der Waals surface area contributed by atoms with Gasteiger partial charge in [0.15, 0.2) is 6.10 Å². The number of oxime groups is 1. The summed E-state index contributed by atoms with van der Waals surface area (Å²) in [5.74, 6) is -0.873. The molecule has 0 aromatic heterocycles. The fourth-order valence-electron chi connectivity index (χ4n) is 3.12. The molecule has 3 rings (SSSR count). The lowest BCUT2D eigenvalue weighted by molar-refractivity contribution is -0.141. The highest BCUT2D eigenvalue weighted by Crippen LogP contribution is 2.20. The zero-order valence-electron chi connectivity index (χ0n) is 16.7. The molecule has 1 aliphatic rings. The first-order valence-electron chi connectivity index (χ1n) is 9.76. The van der Waals surface area contributed by atoms with Crippen LogP contribution in [0.2, 0.25) is 0 Å². The minimum absolute atomic E-state index is 0.222. The van der Waals surface area contributed by atoms with Crippen LogP contribution in [0.25, 0.3) is 0 Å². The van der Waals surface area contributed by atoms with E-state index < -0.39 is 18.1 Å². The quantitative estimate of drug-likeness (QED) is 0.675. The van der Waals surface area contributed by atoms with E-state index >= 15 is 0 Å². The molecular formula is C22H24FN3O4. The Morgan fingerprint density at radius 1 is 1.20 bits per heavy atom. The van der Waals surface area contributed by atoms with Crippen molar-refractivity contribution in [1.82, 2.24) is 10.2 Å². The number of benzene rings is 2. The number of hydrogen-bond donors (Lipinski definition) is 1. The van der Waals surface area contributed by atoms with Gasteiger partial charge < -0.3 is 19.8 Å². The number of amides is 2. The van der Waals surface area contributed by atoms with E-state index in [1.54, 1.807) is 30.0 Å². The van der Waals surface area contributed by atoms with Gasteiger partial charge in [-0.15, -0.1) is 0 Å². The Kier molecular flexibility index (Phi) is 7.37. The van der Waals surface area contributed by atoms with Crippen molar-refractivity contribution in [2.45, 2.75) is 26.0 Å². The highest BCUT2D eigenvalue weighted by Gasteiger charge is 2.28. The molecule has 2 aromatic carbocycles. The Hall–Kier alpha value is -3.42. The van der Waals surface area contributed by atoms with Gasteiger partial charge in [-0.1, -0.05) is 53.7 Å². The fourth-order valence-corrected chi connectivity index (χ4v) is 3.12. The topological polar surface area (TPSA) is 80.2 Å². The predicted molar refractivity (Wildman–Crippen MR) is 109 cm³/mol. The van der Waals surface area contributed by atoms with Gasteiger partial charge >= 0.3 is 12.0 Å². The maximum atomic E-state index is 14.0. The Bertz CT molecular complexity index is 904. The normalized spacial score (nSPS) is 15.1. The molecule has 0 aliphatic carbocycles. The number of esters is 1. The van der Waals surface area contributed by atoms with Crippen LogP contribution < -0.4 is 5.32 Å². The van der Waals surface area contributed by atoms with E-state index in [4.69, 9.17) is 9.57 Å². The fraction of sp³-hybridized carbons (Fsp3) is 0.318. The number of urea groups is 1. The number of carbonyl (C=O) groups excluding carboxylic acids is 2. The van der Waals surface area contributed by atoms with E-state index in [1.165, 1.54) is 6.07 Å². The molecule has 0 radical (unpaired) electrons. The summed E-state index contributed by atoms with van der Waals surface area (Å²) >= 11 is 0. The van der Waals surface area contributed by atoms with Crippen LogP contribution in [0.5, 0.6) is 0 Å². The van der Waals surface area contributed by atoms with Gasteiger partial charge in [0, 0.05) is 18.5 Å². The highest BCUT2D eigenvalue weighted by atomic mass is 19.1. The van der Waals surface area contributed by atoms with Gasteiger partial charge in [-0.2, -0.15) is 0 Å². The molecule has 2 amide bonds. The van der Waals surface area contributed by atoms with E-state index in [-0.39, 0.29) is 25.5 Å². The van der Waals surface area contributed by atoms with Crippen molar-refractivity contribution in [3.8, 4) is 0 Å². The summed E-state index contributed by atoms with van der Waals surface area (Å²) in [7, 11) is 0. The smallest absolute Gasteiger partial charge is 0.325 e. The first-order valence-corrected chi connectivity index (χ1v) is 9.76. The van der Waals surface area contributed by atoms with Crippen LogP contribution in [0, 0.1) is 5.82 Å². The van der Waals surface area contributed by atoms with Crippen molar-refractivity contribution in [3.63, 3.8) is 0 Å². The molecule has 1 heterocycles. The van der Waals surface area contributed by atoms with E-state index in [0.29, 0.717) is 24.2 Å². The molecule has 2 aromatic rings. The molecule has 8 heteroatoms. The van der Waals surface area contributed by atoms with E-state index in [2.05, 4.69) is 10.5 Å². The molecule has 1 atom stereocenters. The molecule has 30 heavy (non-hydrogen) atoms. The van der Waals surface area contributed by atoms with Crippen LogP contribution in [-0.2, 0) is 20.9 Å². The molecule has 0 fully saturated rings. The van der Waals surface area contributed by atoms with E-state index in [9.17, 15) is 14.0 Å². The number of rotatable bonds is 8. The van der Waals surface area contributed by atoms with Crippen molar-refractivity contribution in [2.75, 3.05) is 19.7 Å². The Balaban J connectivity index is 1.64. The summed E-state index contributed by atoms with van der Waals surface area (Å²) in [4.78, 5) is 31.3. The number of nitrogens with zero attached hydrogens (tertiary/aromatic N) is 2. The summed E-state index contributed by atoms with van der Waals surface area (Å²) in [6.07, 6.45) is -0.0474. The van der Waals surface area contributed by atoms with Crippen molar-refractivity contribution < 1.29 is 23.6 Å². The van der Waals surface area contributed by atoms with Gasteiger partial charge in [0.25, 0.3) is 0 Å². The van der Waals surface area contributed by atoms with Crippen LogP contribution in [0.1, 0.15) is 24.5 Å². The molecule has 1 N–H and O–H groups in total. The Labute approximate surface area is 174 Å². The van der Waals surface area contributed by atoms with Gasteiger partial charge in [-0.25, -0.2) is 9.18 Å². The number of nitrogens with one attached hydrogen (secondary N) is 1. The lowest BCUT2D eigenvalue weighted by Crippen LogP contribution is -2.45. The lowest BCUT2D eigenvalue weighted by Gasteiger charge is -2.25. The predicted octanol–water partition coefficient (Wildman–Crippen LogP) is 3.09. The van der Waals surface area contributed by atoms with Crippen LogP contribution >= 0.6 is 0 Å². The maximum Gasteiger partial charge on any atom is 0.325 e. The second-order valence-electron chi connectivity index (χ2n) is 6.78. The average molecular weight is 413 g/mol. The second kappa shape index (κ2) is 10.4. The zero-order valence-corrected chi connectivity index (χ0v) is 16.7. The number of carbonyl (C=O) groups is 2. The molecule has 0 bridgehead atoms. The standard InChI is InChI=1S/C22H24FN3O4/c1-2-29-21(27)13-24-22(28)26(14-16-8-4-3-5-9-16)15-17-12-20(25-30-17)18-10-6-7-11-19(18)23/h3-11,17H,2,12-15H2,1H3,(H,24,28). The number of halogens is 1. The Morgan fingerprint density at radius 2 is 1.93 bits per heavy atom. The van der Waals surface area contributed by atoms with Crippen LogP contribution in [0.4, 0.5) is 9.18 Å². The van der Waals surface area contributed by atoms with Crippen molar-refractivity contribution in [1.29, 1.82) is 0 Å². The molecular weight excluding hydrogens is 389 g/mol. The Morgan fingerprint density at radius 3 is 2.67 bits per heavy atom. The largest absolute Gasteiger partial charge is 0.465 e. The lowest BCUT2D eigenvalue weighted by atomic mass is 10.0. The number of hydrogen-bond acceptors (Lipinski definition) is 5. The van der Waals surface area contributed by atoms with Crippen LogP contribution in [0.3, 0.4) is 0 Å². The van der Waals surface area contributed by atoms with Crippen molar-refractivity contribution in [2.24, 2.45) is 5.16 Å². The summed E-state index contributed by atoms with van der Waals surface area (Å²) < 4.78 is 18.9. The maximum absolute atomic E-state index is 14.0. The van der Waals surface area contributed by atoms with E-state index in [1.807, 2.05) is 30.3 Å². The average Bonchev–Trinajstić information content (AvgIpc) is 3.21. The van der Waals surface area contributed by atoms with Gasteiger partial charge in [0.2, 0.25) is 0 Å². The van der Waals surface area contributed by atoms with Gasteiger partial charge in [0.1, 0.15) is 12.4 Å². The van der Waals surface area contributed by atoms with Gasteiger partial charge in [-0.05, 0) is 18.6 Å². The van der Waals surface area contributed by atoms with Crippen molar-refractivity contribution in [3.05, 3.63) is 71.5 Å². The van der Waals surface area contributed by atoms with Gasteiger partial charge in [0.05, 0.1) is 18.9 Å². The molecule has 1 unspecified atom stereocenters. The van der Waals surface area contributed by atoms with Crippen LogP contribution in [-0.4, -0.2) is 48.4 Å². The SMILES string of the molecule is CCOC(=O)CNC(=O)N(Cc1ccccc1)CC1CC(c2ccccc2F)=NO1. The highest BCUT2D eigenvalue weighted by molar-refractivity contribution is 6.01. The third-order valence-corrected chi connectivity index (χ3v) is 4.53. The first kappa shape index (κ1) is 21.3.